The molecule has 1 aromatic carbocycles. The van der Waals surface area contributed by atoms with Gasteiger partial charge in [-0.2, -0.15) is 0 Å². The normalized spacial score (nSPS) is 10.6. The molecule has 0 atom stereocenters. The zero-order chi connectivity index (χ0) is 8.43. The molecule has 11 heavy (non-hydrogen) atoms. The predicted molar refractivity (Wildman–Crippen MR) is 47.8 cm³/mol. The van der Waals surface area contributed by atoms with E-state index in [-0.39, 0.29) is 5.82 Å². The Balaban J connectivity index is 3.13. The molecule has 0 spiro atoms. The summed E-state index contributed by atoms with van der Waals surface area (Å²) in [6.07, 6.45) is 0. The molecule has 0 nitrogen and oxygen atoms in total. The van der Waals surface area contributed by atoms with Gasteiger partial charge in [-0.25, -0.2) is 4.39 Å². The Morgan fingerprint density at radius 1 is 1.36 bits per heavy atom. The number of benzene rings is 1. The van der Waals surface area contributed by atoms with Crippen molar-refractivity contribution in [2.24, 2.45) is 0 Å². The van der Waals surface area contributed by atoms with E-state index in [1.807, 2.05) is 13.8 Å². The Labute approximate surface area is 74.6 Å². The van der Waals surface area contributed by atoms with Gasteiger partial charge < -0.3 is 0 Å². The fourth-order valence-corrected chi connectivity index (χ4v) is 1.24. The minimum absolute atomic E-state index is 0.159. The lowest BCUT2D eigenvalue weighted by Gasteiger charge is -2.05. The van der Waals surface area contributed by atoms with E-state index >= 15 is 0 Å². The van der Waals surface area contributed by atoms with Crippen LogP contribution < -0.4 is 0 Å². The molecule has 59 valence electrons. The first-order chi connectivity index (χ1) is 5.11. The van der Waals surface area contributed by atoms with Crippen LogP contribution in [0.15, 0.2) is 22.7 Å². The Hall–Kier alpha value is -0.370. The highest BCUT2D eigenvalue weighted by Gasteiger charge is 2.06. The van der Waals surface area contributed by atoms with E-state index in [0.717, 1.165) is 10.4 Å². The SMILES string of the molecule is C[C](C)c1cc(Br)ccc1F. The Bertz CT molecular complexity index is 256. The van der Waals surface area contributed by atoms with E-state index in [4.69, 9.17) is 0 Å². The largest absolute Gasteiger partial charge is 0.207 e. The number of hydrogen-bond acceptors (Lipinski definition) is 0. The highest BCUT2D eigenvalue weighted by atomic mass is 79.9. The molecule has 1 rings (SSSR count). The summed E-state index contributed by atoms with van der Waals surface area (Å²) in [6.45, 7) is 3.79. The van der Waals surface area contributed by atoms with Crippen LogP contribution in [0.25, 0.3) is 0 Å². The van der Waals surface area contributed by atoms with E-state index in [9.17, 15) is 4.39 Å². The Morgan fingerprint density at radius 3 is 2.45 bits per heavy atom. The zero-order valence-corrected chi connectivity index (χ0v) is 8.07. The van der Waals surface area contributed by atoms with Crippen LogP contribution in [0, 0.1) is 11.7 Å². The van der Waals surface area contributed by atoms with Crippen molar-refractivity contribution < 1.29 is 4.39 Å². The summed E-state index contributed by atoms with van der Waals surface area (Å²) in [5.41, 5.74) is 0.680. The molecule has 1 radical (unpaired) electrons. The van der Waals surface area contributed by atoms with Gasteiger partial charge in [-0.05, 0) is 23.8 Å². The molecule has 0 saturated carbocycles. The van der Waals surface area contributed by atoms with Crippen molar-refractivity contribution in [3.63, 3.8) is 0 Å². The van der Waals surface area contributed by atoms with Gasteiger partial charge in [0.1, 0.15) is 5.82 Å². The second-order valence-corrected chi connectivity index (χ2v) is 3.54. The summed E-state index contributed by atoms with van der Waals surface area (Å²) >= 11 is 3.28. The first-order valence-corrected chi connectivity index (χ1v) is 4.16. The van der Waals surface area contributed by atoms with Crippen LogP contribution in [-0.4, -0.2) is 0 Å². The van der Waals surface area contributed by atoms with Crippen molar-refractivity contribution in [2.45, 2.75) is 13.8 Å². The fourth-order valence-electron chi connectivity index (χ4n) is 0.881. The summed E-state index contributed by atoms with van der Waals surface area (Å²) in [4.78, 5) is 0. The molecular weight excluding hydrogens is 207 g/mol. The van der Waals surface area contributed by atoms with Gasteiger partial charge in [0.2, 0.25) is 0 Å². The molecule has 0 aromatic heterocycles. The predicted octanol–water partition coefficient (Wildman–Crippen LogP) is 3.55. The van der Waals surface area contributed by atoms with E-state index in [1.165, 1.54) is 6.07 Å². The van der Waals surface area contributed by atoms with Gasteiger partial charge in [-0.15, -0.1) is 0 Å². The van der Waals surface area contributed by atoms with Crippen LogP contribution in [0.1, 0.15) is 19.4 Å². The smallest absolute Gasteiger partial charge is 0.127 e. The first-order valence-electron chi connectivity index (χ1n) is 3.37. The third-order valence-corrected chi connectivity index (χ3v) is 1.96. The van der Waals surface area contributed by atoms with Crippen molar-refractivity contribution in [3.8, 4) is 0 Å². The van der Waals surface area contributed by atoms with Crippen molar-refractivity contribution in [1.82, 2.24) is 0 Å². The lowest BCUT2D eigenvalue weighted by Crippen LogP contribution is -1.92. The minimum atomic E-state index is -0.159. The van der Waals surface area contributed by atoms with E-state index in [2.05, 4.69) is 15.9 Å². The molecule has 0 aliphatic heterocycles. The molecule has 0 fully saturated rings. The van der Waals surface area contributed by atoms with Crippen molar-refractivity contribution in [3.05, 3.63) is 40.0 Å². The third kappa shape index (κ3) is 2.03. The first kappa shape index (κ1) is 8.72. The maximum atomic E-state index is 13.0. The summed E-state index contributed by atoms with van der Waals surface area (Å²) in [7, 11) is 0. The average molecular weight is 216 g/mol. The van der Waals surface area contributed by atoms with Gasteiger partial charge in [0.25, 0.3) is 0 Å². The summed E-state index contributed by atoms with van der Waals surface area (Å²) < 4.78 is 13.9. The monoisotopic (exact) mass is 215 g/mol. The maximum absolute atomic E-state index is 13.0. The highest BCUT2D eigenvalue weighted by molar-refractivity contribution is 9.10. The molecule has 0 heterocycles. The Kier molecular flexibility index (Phi) is 2.66. The van der Waals surface area contributed by atoms with E-state index in [1.54, 1.807) is 12.1 Å². The van der Waals surface area contributed by atoms with Crippen LogP contribution in [0.4, 0.5) is 4.39 Å². The van der Waals surface area contributed by atoms with Gasteiger partial charge in [-0.3, -0.25) is 0 Å². The molecule has 0 aliphatic carbocycles. The molecule has 0 N–H and O–H groups in total. The number of halogens is 2. The molecular formula is C9H9BrF. The lowest BCUT2D eigenvalue weighted by molar-refractivity contribution is 0.615. The molecule has 2 heteroatoms. The molecule has 0 saturated heterocycles. The maximum Gasteiger partial charge on any atom is 0.127 e. The standard InChI is InChI=1S/C9H9BrF/c1-6(2)8-5-7(10)3-4-9(8)11/h3-5H,1-2H3. The van der Waals surface area contributed by atoms with Crippen molar-refractivity contribution in [1.29, 1.82) is 0 Å². The van der Waals surface area contributed by atoms with Crippen LogP contribution in [0.5, 0.6) is 0 Å². The average Bonchev–Trinajstić information content (AvgIpc) is 1.94. The van der Waals surface area contributed by atoms with Crippen LogP contribution >= 0.6 is 15.9 Å². The molecule has 1 aromatic rings. The lowest BCUT2D eigenvalue weighted by atomic mass is 10.0. The van der Waals surface area contributed by atoms with Crippen molar-refractivity contribution in [2.75, 3.05) is 0 Å². The molecule has 0 unspecified atom stereocenters. The van der Waals surface area contributed by atoms with Gasteiger partial charge in [0, 0.05) is 10.4 Å². The highest BCUT2D eigenvalue weighted by Crippen LogP contribution is 2.21. The van der Waals surface area contributed by atoms with Gasteiger partial charge >= 0.3 is 0 Å². The van der Waals surface area contributed by atoms with E-state index in [0.29, 0.717) is 5.56 Å². The minimum Gasteiger partial charge on any atom is -0.207 e. The van der Waals surface area contributed by atoms with Crippen molar-refractivity contribution >= 4 is 15.9 Å². The van der Waals surface area contributed by atoms with Crippen LogP contribution in [0.3, 0.4) is 0 Å². The van der Waals surface area contributed by atoms with Crippen LogP contribution in [0.2, 0.25) is 0 Å². The summed E-state index contributed by atoms with van der Waals surface area (Å²) in [5.74, 6) is 0.831. The fraction of sp³-hybridized carbons (Fsp3) is 0.222. The number of hydrogen-bond donors (Lipinski definition) is 0. The summed E-state index contributed by atoms with van der Waals surface area (Å²) in [5, 5.41) is 0. The Morgan fingerprint density at radius 2 is 2.00 bits per heavy atom. The second kappa shape index (κ2) is 3.35. The quantitative estimate of drug-likeness (QED) is 0.673. The van der Waals surface area contributed by atoms with Gasteiger partial charge in [0.15, 0.2) is 0 Å². The second-order valence-electron chi connectivity index (χ2n) is 2.62. The summed E-state index contributed by atoms with van der Waals surface area (Å²) in [6, 6.07) is 4.94. The topological polar surface area (TPSA) is 0 Å². The molecule has 0 amide bonds. The molecule has 0 bridgehead atoms. The van der Waals surface area contributed by atoms with Gasteiger partial charge in [0.05, 0.1) is 0 Å². The van der Waals surface area contributed by atoms with Gasteiger partial charge in [-0.1, -0.05) is 29.8 Å². The molecule has 0 aliphatic rings. The van der Waals surface area contributed by atoms with E-state index < -0.39 is 0 Å². The van der Waals surface area contributed by atoms with Crippen LogP contribution in [-0.2, 0) is 0 Å². The number of rotatable bonds is 1. The third-order valence-electron chi connectivity index (χ3n) is 1.47. The zero-order valence-electron chi connectivity index (χ0n) is 6.49.